The van der Waals surface area contributed by atoms with E-state index < -0.39 is 27.4 Å². The predicted octanol–water partition coefficient (Wildman–Crippen LogP) is 0.124. The third-order valence-corrected chi connectivity index (χ3v) is 5.76. The third-order valence-electron chi connectivity index (χ3n) is 4.47. The van der Waals surface area contributed by atoms with Crippen LogP contribution in [0.1, 0.15) is 32.6 Å². The Kier molecular flexibility index (Phi) is 4.30. The molecule has 0 aromatic rings. The molecule has 0 aliphatic carbocycles. The Bertz CT molecular complexity index is 547. The van der Waals surface area contributed by atoms with Crippen LogP contribution in [0.2, 0.25) is 0 Å². The van der Waals surface area contributed by atoms with Crippen LogP contribution in [0.3, 0.4) is 0 Å². The number of rotatable bonds is 3. The first-order chi connectivity index (χ1) is 9.65. The van der Waals surface area contributed by atoms with Gasteiger partial charge in [-0.3, -0.25) is 9.59 Å². The fourth-order valence-electron chi connectivity index (χ4n) is 3.08. The van der Waals surface area contributed by atoms with Gasteiger partial charge in [0.2, 0.25) is 15.9 Å². The highest BCUT2D eigenvalue weighted by Crippen LogP contribution is 2.32. The molecule has 2 aliphatic rings. The van der Waals surface area contributed by atoms with Crippen LogP contribution in [0.15, 0.2) is 0 Å². The Labute approximate surface area is 125 Å². The number of hydrogen-bond donors (Lipinski definition) is 1. The summed E-state index contributed by atoms with van der Waals surface area (Å²) in [5, 5.41) is 9.22. The van der Waals surface area contributed by atoms with Crippen molar-refractivity contribution in [2.75, 3.05) is 25.9 Å². The Morgan fingerprint density at radius 1 is 1.24 bits per heavy atom. The lowest BCUT2D eigenvalue weighted by Crippen LogP contribution is -2.52. The van der Waals surface area contributed by atoms with Crippen LogP contribution < -0.4 is 0 Å². The predicted molar refractivity (Wildman–Crippen MR) is 76.1 cm³/mol. The number of aliphatic carboxylic acids is 1. The van der Waals surface area contributed by atoms with Crippen molar-refractivity contribution in [1.29, 1.82) is 0 Å². The molecule has 0 bridgehead atoms. The number of carbonyl (C=O) groups is 2. The average Bonchev–Trinajstić information content (AvgIpc) is 2.81. The second-order valence-electron chi connectivity index (χ2n) is 6.26. The van der Waals surface area contributed by atoms with E-state index >= 15 is 0 Å². The summed E-state index contributed by atoms with van der Waals surface area (Å²) in [6.07, 6.45) is 3.59. The molecule has 8 heteroatoms. The van der Waals surface area contributed by atoms with Crippen molar-refractivity contribution in [3.05, 3.63) is 0 Å². The normalized spacial score (nSPS) is 31.3. The first-order valence-corrected chi connectivity index (χ1v) is 8.99. The van der Waals surface area contributed by atoms with E-state index in [-0.39, 0.29) is 12.5 Å². The first kappa shape index (κ1) is 16.2. The van der Waals surface area contributed by atoms with Crippen molar-refractivity contribution in [2.45, 2.75) is 38.6 Å². The minimum absolute atomic E-state index is 0.148. The zero-order valence-corrected chi connectivity index (χ0v) is 13.2. The first-order valence-electron chi connectivity index (χ1n) is 7.14. The molecule has 2 rings (SSSR count). The number of carbonyl (C=O) groups excluding carboxylic acids is 1. The van der Waals surface area contributed by atoms with Gasteiger partial charge in [0, 0.05) is 19.6 Å². The fraction of sp³-hybridized carbons (Fsp3) is 0.846. The molecule has 0 radical (unpaired) electrons. The van der Waals surface area contributed by atoms with E-state index in [0.29, 0.717) is 25.9 Å². The molecular formula is C13H22N2O5S. The van der Waals surface area contributed by atoms with E-state index in [1.807, 2.05) is 0 Å². The number of piperidine rings is 1. The van der Waals surface area contributed by atoms with E-state index in [9.17, 15) is 23.1 Å². The van der Waals surface area contributed by atoms with Crippen LogP contribution in [-0.4, -0.2) is 66.5 Å². The highest BCUT2D eigenvalue weighted by atomic mass is 32.2. The minimum atomic E-state index is -3.43. The molecule has 2 fully saturated rings. The van der Waals surface area contributed by atoms with Gasteiger partial charge in [-0.2, -0.15) is 4.31 Å². The summed E-state index contributed by atoms with van der Waals surface area (Å²) in [6, 6.07) is -0.676. The molecule has 2 atom stereocenters. The Morgan fingerprint density at radius 3 is 2.43 bits per heavy atom. The van der Waals surface area contributed by atoms with Gasteiger partial charge in [-0.1, -0.05) is 6.42 Å². The average molecular weight is 318 g/mol. The standard InChI is InChI=1S/C13H22N2O5S/c1-13(12(17)18)6-8-14(9-13)11(16)10-5-3-4-7-15(10)21(2,19)20/h10H,3-9H2,1-2H3,(H,17,18)/t10-,13+/m0/s1. The van der Waals surface area contributed by atoms with Gasteiger partial charge in [0.1, 0.15) is 6.04 Å². The maximum Gasteiger partial charge on any atom is 0.311 e. The summed E-state index contributed by atoms with van der Waals surface area (Å²) < 4.78 is 24.9. The Balaban J connectivity index is 2.14. The van der Waals surface area contributed by atoms with Gasteiger partial charge < -0.3 is 10.0 Å². The van der Waals surface area contributed by atoms with Crippen LogP contribution in [0.4, 0.5) is 0 Å². The molecular weight excluding hydrogens is 296 g/mol. The molecule has 120 valence electrons. The molecule has 0 aromatic carbocycles. The van der Waals surface area contributed by atoms with Gasteiger partial charge >= 0.3 is 5.97 Å². The summed E-state index contributed by atoms with van der Waals surface area (Å²) in [7, 11) is -3.43. The molecule has 0 spiro atoms. The van der Waals surface area contributed by atoms with Crippen molar-refractivity contribution in [1.82, 2.24) is 9.21 Å². The topological polar surface area (TPSA) is 95.0 Å². The maximum atomic E-state index is 12.6. The quantitative estimate of drug-likeness (QED) is 0.798. The number of amides is 1. The van der Waals surface area contributed by atoms with Gasteiger partial charge in [-0.25, -0.2) is 8.42 Å². The number of hydrogen-bond acceptors (Lipinski definition) is 4. The van der Waals surface area contributed by atoms with Gasteiger partial charge in [-0.15, -0.1) is 0 Å². The minimum Gasteiger partial charge on any atom is -0.481 e. The van der Waals surface area contributed by atoms with E-state index in [0.717, 1.165) is 19.1 Å². The smallest absolute Gasteiger partial charge is 0.311 e. The van der Waals surface area contributed by atoms with Crippen molar-refractivity contribution in [2.24, 2.45) is 5.41 Å². The zero-order chi connectivity index (χ0) is 15.8. The Morgan fingerprint density at radius 2 is 1.90 bits per heavy atom. The second-order valence-corrected chi connectivity index (χ2v) is 8.20. The molecule has 2 heterocycles. The molecule has 21 heavy (non-hydrogen) atoms. The van der Waals surface area contributed by atoms with Gasteiger partial charge in [0.05, 0.1) is 11.7 Å². The van der Waals surface area contributed by atoms with Crippen molar-refractivity contribution >= 4 is 21.9 Å². The molecule has 1 amide bonds. The van der Waals surface area contributed by atoms with Crippen LogP contribution in [-0.2, 0) is 19.6 Å². The van der Waals surface area contributed by atoms with E-state index in [1.54, 1.807) is 6.92 Å². The molecule has 2 saturated heterocycles. The van der Waals surface area contributed by atoms with Crippen LogP contribution in [0.25, 0.3) is 0 Å². The molecule has 0 aromatic heterocycles. The van der Waals surface area contributed by atoms with E-state index in [1.165, 1.54) is 9.21 Å². The summed E-state index contributed by atoms with van der Waals surface area (Å²) in [4.78, 5) is 25.3. The number of carboxylic acids is 1. The van der Waals surface area contributed by atoms with E-state index in [2.05, 4.69) is 0 Å². The van der Waals surface area contributed by atoms with Gasteiger partial charge in [0.25, 0.3) is 0 Å². The number of carboxylic acid groups (broad SMARTS) is 1. The summed E-state index contributed by atoms with van der Waals surface area (Å²) >= 11 is 0. The number of likely N-dealkylation sites (tertiary alicyclic amines) is 1. The molecule has 1 N–H and O–H groups in total. The van der Waals surface area contributed by atoms with Crippen LogP contribution >= 0.6 is 0 Å². The third kappa shape index (κ3) is 3.21. The van der Waals surface area contributed by atoms with Gasteiger partial charge in [-0.05, 0) is 26.2 Å². The summed E-state index contributed by atoms with van der Waals surface area (Å²) in [5.74, 6) is -1.17. The number of nitrogens with zero attached hydrogens (tertiary/aromatic N) is 2. The van der Waals surface area contributed by atoms with E-state index in [4.69, 9.17) is 0 Å². The highest BCUT2D eigenvalue weighted by molar-refractivity contribution is 7.88. The SMILES string of the molecule is C[C@@]1(C(=O)O)CCN(C(=O)[C@@H]2CCCCN2S(C)(=O)=O)C1. The van der Waals surface area contributed by atoms with Crippen molar-refractivity contribution in [3.63, 3.8) is 0 Å². The van der Waals surface area contributed by atoms with Gasteiger partial charge in [0.15, 0.2) is 0 Å². The van der Waals surface area contributed by atoms with Crippen molar-refractivity contribution < 1.29 is 23.1 Å². The lowest BCUT2D eigenvalue weighted by Gasteiger charge is -2.35. The summed E-state index contributed by atoms with van der Waals surface area (Å²) in [5.41, 5.74) is -0.930. The molecule has 0 unspecified atom stereocenters. The zero-order valence-electron chi connectivity index (χ0n) is 12.4. The van der Waals surface area contributed by atoms with Crippen molar-refractivity contribution in [3.8, 4) is 0 Å². The largest absolute Gasteiger partial charge is 0.481 e. The second kappa shape index (κ2) is 5.57. The Hall–Kier alpha value is -1.15. The van der Waals surface area contributed by atoms with Crippen LogP contribution in [0.5, 0.6) is 0 Å². The lowest BCUT2D eigenvalue weighted by molar-refractivity contribution is -0.147. The number of sulfonamides is 1. The highest BCUT2D eigenvalue weighted by Gasteiger charge is 2.45. The maximum absolute atomic E-state index is 12.6. The molecule has 2 aliphatic heterocycles. The fourth-order valence-corrected chi connectivity index (χ4v) is 4.20. The molecule has 7 nitrogen and oxygen atoms in total. The summed E-state index contributed by atoms with van der Waals surface area (Å²) in [6.45, 7) is 2.50. The monoisotopic (exact) mass is 318 g/mol. The molecule has 0 saturated carbocycles. The van der Waals surface area contributed by atoms with Crippen LogP contribution in [0, 0.1) is 5.41 Å². The lowest BCUT2D eigenvalue weighted by atomic mass is 9.90.